The average Bonchev–Trinajstić information content (AvgIpc) is 2.76. The van der Waals surface area contributed by atoms with Gasteiger partial charge in [0.1, 0.15) is 18.3 Å². The molecule has 9 heteroatoms. The third kappa shape index (κ3) is 6.28. The molecular formula is C21H34N2O7. The van der Waals surface area contributed by atoms with Crippen molar-refractivity contribution in [3.05, 3.63) is 18.0 Å². The first-order chi connectivity index (χ1) is 14.6. The SMILES string of the molecule is CCCOC1COC(NC(=O)c2nccc(OC)c2O)C(OCCC)C1OCCC. The molecule has 1 aromatic rings. The molecule has 4 atom stereocenters. The van der Waals surface area contributed by atoms with Gasteiger partial charge in [-0.2, -0.15) is 0 Å². The molecule has 2 heterocycles. The summed E-state index contributed by atoms with van der Waals surface area (Å²) in [7, 11) is 1.40. The number of aromatic hydroxyl groups is 1. The van der Waals surface area contributed by atoms with Crippen molar-refractivity contribution in [2.24, 2.45) is 0 Å². The number of rotatable bonds is 12. The third-order valence-corrected chi connectivity index (χ3v) is 4.59. The zero-order chi connectivity index (χ0) is 21.9. The molecule has 1 saturated heterocycles. The lowest BCUT2D eigenvalue weighted by Crippen LogP contribution is -2.61. The fourth-order valence-corrected chi connectivity index (χ4v) is 3.16. The van der Waals surface area contributed by atoms with Crippen LogP contribution in [0.5, 0.6) is 11.5 Å². The van der Waals surface area contributed by atoms with Crippen LogP contribution in [0.4, 0.5) is 0 Å². The van der Waals surface area contributed by atoms with Gasteiger partial charge in [0.15, 0.2) is 23.4 Å². The Hall–Kier alpha value is -1.94. The number of pyridine rings is 1. The van der Waals surface area contributed by atoms with E-state index in [1.54, 1.807) is 0 Å². The monoisotopic (exact) mass is 426 g/mol. The topological polar surface area (TPSA) is 108 Å². The number of nitrogens with zero attached hydrogens (tertiary/aromatic N) is 1. The zero-order valence-electron chi connectivity index (χ0n) is 18.3. The van der Waals surface area contributed by atoms with Crippen molar-refractivity contribution in [1.29, 1.82) is 0 Å². The molecule has 0 aromatic carbocycles. The van der Waals surface area contributed by atoms with Crippen LogP contribution < -0.4 is 10.1 Å². The molecule has 0 saturated carbocycles. The molecule has 9 nitrogen and oxygen atoms in total. The Morgan fingerprint density at radius 2 is 1.77 bits per heavy atom. The Morgan fingerprint density at radius 1 is 1.13 bits per heavy atom. The van der Waals surface area contributed by atoms with Crippen LogP contribution in [0.2, 0.25) is 0 Å². The molecule has 1 aliphatic rings. The maximum absolute atomic E-state index is 12.8. The summed E-state index contributed by atoms with van der Waals surface area (Å²) in [5, 5.41) is 13.0. The summed E-state index contributed by atoms with van der Waals surface area (Å²) in [6.45, 7) is 7.93. The van der Waals surface area contributed by atoms with E-state index in [-0.39, 0.29) is 29.9 Å². The highest BCUT2D eigenvalue weighted by molar-refractivity contribution is 5.95. The smallest absolute Gasteiger partial charge is 0.275 e. The first-order valence-corrected chi connectivity index (χ1v) is 10.6. The minimum absolute atomic E-state index is 0.150. The quantitative estimate of drug-likeness (QED) is 0.524. The minimum atomic E-state index is -0.778. The number of methoxy groups -OCH3 is 1. The summed E-state index contributed by atoms with van der Waals surface area (Å²) in [6, 6.07) is 1.47. The Kier molecular flexibility index (Phi) is 10.3. The first kappa shape index (κ1) is 24.3. The fraction of sp³-hybridized carbons (Fsp3) is 0.714. The molecule has 0 radical (unpaired) electrons. The molecular weight excluding hydrogens is 392 g/mol. The van der Waals surface area contributed by atoms with Gasteiger partial charge >= 0.3 is 0 Å². The summed E-state index contributed by atoms with van der Waals surface area (Å²) in [5.41, 5.74) is -0.150. The van der Waals surface area contributed by atoms with Crippen molar-refractivity contribution in [3.8, 4) is 11.5 Å². The molecule has 1 amide bonds. The van der Waals surface area contributed by atoms with Gasteiger partial charge in [-0.15, -0.1) is 0 Å². The molecule has 1 fully saturated rings. The molecule has 0 aliphatic carbocycles. The number of nitrogens with one attached hydrogen (secondary N) is 1. The van der Waals surface area contributed by atoms with Crippen molar-refractivity contribution in [1.82, 2.24) is 10.3 Å². The van der Waals surface area contributed by atoms with Gasteiger partial charge in [-0.05, 0) is 19.3 Å². The van der Waals surface area contributed by atoms with Gasteiger partial charge in [0, 0.05) is 32.1 Å². The van der Waals surface area contributed by atoms with Gasteiger partial charge in [0.05, 0.1) is 13.7 Å². The predicted molar refractivity (Wildman–Crippen MR) is 110 cm³/mol. The Labute approximate surface area is 178 Å². The summed E-state index contributed by atoms with van der Waals surface area (Å²) < 4.78 is 29.0. The highest BCUT2D eigenvalue weighted by Crippen LogP contribution is 2.28. The molecule has 4 unspecified atom stereocenters. The normalized spacial score (nSPS) is 23.9. The molecule has 1 aromatic heterocycles. The van der Waals surface area contributed by atoms with Crippen LogP contribution >= 0.6 is 0 Å². The second kappa shape index (κ2) is 12.7. The summed E-state index contributed by atoms with van der Waals surface area (Å²) in [4.78, 5) is 16.8. The number of hydrogen-bond donors (Lipinski definition) is 2. The molecule has 0 bridgehead atoms. The minimum Gasteiger partial charge on any atom is -0.503 e. The maximum atomic E-state index is 12.8. The lowest BCUT2D eigenvalue weighted by Gasteiger charge is -2.42. The third-order valence-electron chi connectivity index (χ3n) is 4.59. The molecule has 30 heavy (non-hydrogen) atoms. The lowest BCUT2D eigenvalue weighted by atomic mass is 10.0. The Balaban J connectivity index is 2.20. The van der Waals surface area contributed by atoms with Crippen molar-refractivity contribution < 1.29 is 33.6 Å². The van der Waals surface area contributed by atoms with E-state index in [9.17, 15) is 9.90 Å². The van der Waals surface area contributed by atoms with E-state index >= 15 is 0 Å². The predicted octanol–water partition coefficient (Wildman–Crippen LogP) is 2.27. The van der Waals surface area contributed by atoms with Gasteiger partial charge in [-0.1, -0.05) is 20.8 Å². The van der Waals surface area contributed by atoms with E-state index in [1.807, 2.05) is 20.8 Å². The van der Waals surface area contributed by atoms with E-state index < -0.39 is 24.3 Å². The summed E-state index contributed by atoms with van der Waals surface area (Å²) in [6.07, 6.45) is 1.88. The number of ether oxygens (including phenoxy) is 5. The Morgan fingerprint density at radius 3 is 2.40 bits per heavy atom. The van der Waals surface area contributed by atoms with E-state index in [0.29, 0.717) is 19.8 Å². The van der Waals surface area contributed by atoms with Gasteiger partial charge < -0.3 is 34.1 Å². The highest BCUT2D eigenvalue weighted by atomic mass is 16.6. The number of amides is 1. The molecule has 1 aliphatic heterocycles. The highest BCUT2D eigenvalue weighted by Gasteiger charge is 2.43. The van der Waals surface area contributed by atoms with Crippen LogP contribution in [0.3, 0.4) is 0 Å². The van der Waals surface area contributed by atoms with Gasteiger partial charge in [0.2, 0.25) is 0 Å². The number of carbonyl (C=O) groups excluding carboxylic acids is 1. The largest absolute Gasteiger partial charge is 0.503 e. The molecule has 2 N–H and O–H groups in total. The van der Waals surface area contributed by atoms with Crippen LogP contribution in [0.1, 0.15) is 50.5 Å². The van der Waals surface area contributed by atoms with Crippen LogP contribution in [-0.4, -0.2) is 74.1 Å². The fourth-order valence-electron chi connectivity index (χ4n) is 3.16. The number of hydrogen-bond acceptors (Lipinski definition) is 8. The molecule has 0 spiro atoms. The van der Waals surface area contributed by atoms with E-state index in [1.165, 1.54) is 19.4 Å². The second-order valence-electron chi connectivity index (χ2n) is 7.02. The first-order valence-electron chi connectivity index (χ1n) is 10.6. The second-order valence-corrected chi connectivity index (χ2v) is 7.02. The van der Waals surface area contributed by atoms with Gasteiger partial charge in [-0.25, -0.2) is 4.98 Å². The standard InChI is InChI=1S/C21H34N2O7/c1-5-10-27-15-13-30-21(19(29-12-7-3)18(15)28-11-6-2)23-20(25)16-17(24)14(26-4)8-9-22-16/h8-9,15,18-19,21,24H,5-7,10-13H2,1-4H3,(H,23,25). The van der Waals surface area contributed by atoms with Crippen LogP contribution in [0.15, 0.2) is 12.3 Å². The van der Waals surface area contributed by atoms with E-state index in [2.05, 4.69) is 10.3 Å². The van der Waals surface area contributed by atoms with Gasteiger partial charge in [0.25, 0.3) is 5.91 Å². The number of carbonyl (C=O) groups is 1. The van der Waals surface area contributed by atoms with Crippen LogP contribution in [0, 0.1) is 0 Å². The summed E-state index contributed by atoms with van der Waals surface area (Å²) >= 11 is 0. The average molecular weight is 427 g/mol. The van der Waals surface area contributed by atoms with Crippen molar-refractivity contribution >= 4 is 5.91 Å². The van der Waals surface area contributed by atoms with Crippen LogP contribution in [0.25, 0.3) is 0 Å². The lowest BCUT2D eigenvalue weighted by molar-refractivity contribution is -0.234. The van der Waals surface area contributed by atoms with Crippen LogP contribution in [-0.2, 0) is 18.9 Å². The van der Waals surface area contributed by atoms with Gasteiger partial charge in [-0.3, -0.25) is 4.79 Å². The zero-order valence-corrected chi connectivity index (χ0v) is 18.3. The summed E-state index contributed by atoms with van der Waals surface area (Å²) in [5.74, 6) is -0.762. The number of aromatic nitrogens is 1. The maximum Gasteiger partial charge on any atom is 0.275 e. The van der Waals surface area contributed by atoms with Crippen molar-refractivity contribution in [2.75, 3.05) is 33.5 Å². The van der Waals surface area contributed by atoms with E-state index in [4.69, 9.17) is 23.7 Å². The van der Waals surface area contributed by atoms with Crippen molar-refractivity contribution in [3.63, 3.8) is 0 Å². The van der Waals surface area contributed by atoms with Crippen molar-refractivity contribution in [2.45, 2.75) is 64.6 Å². The molecule has 2 rings (SSSR count). The molecule has 170 valence electrons. The Bertz CT molecular complexity index is 658. The van der Waals surface area contributed by atoms with E-state index in [0.717, 1.165) is 19.3 Å².